The van der Waals surface area contributed by atoms with Crippen LogP contribution in [0.4, 0.5) is 0 Å². The van der Waals surface area contributed by atoms with Crippen molar-refractivity contribution in [2.45, 2.75) is 6.61 Å². The highest BCUT2D eigenvalue weighted by Crippen LogP contribution is 2.22. The highest BCUT2D eigenvalue weighted by Gasteiger charge is 2.17. The van der Waals surface area contributed by atoms with Crippen LogP contribution in [0, 0.1) is 0 Å². The molecule has 0 fully saturated rings. The van der Waals surface area contributed by atoms with Gasteiger partial charge in [-0.3, -0.25) is 0 Å². The molecule has 0 aromatic heterocycles. The number of ether oxygens (including phenoxy) is 1. The molecule has 0 atom stereocenters. The molecule has 0 spiro atoms. The molecule has 1 N–H and O–H groups in total. The first-order valence-corrected chi connectivity index (χ1v) is 8.78. The molecule has 0 bridgehead atoms. The normalized spacial score (nSPS) is 10.9. The lowest BCUT2D eigenvalue weighted by atomic mass is 10.0. The number of halogens is 2. The van der Waals surface area contributed by atoms with Gasteiger partial charge in [-0.05, 0) is 61.2 Å². The van der Waals surface area contributed by atoms with Gasteiger partial charge < -0.3 is 14.7 Å². The van der Waals surface area contributed by atoms with Crippen LogP contribution in [0.15, 0.2) is 57.1 Å². The molecule has 130 valence electrons. The van der Waals surface area contributed by atoms with E-state index >= 15 is 0 Å². The average molecular weight is 469 g/mol. The summed E-state index contributed by atoms with van der Waals surface area (Å²) in [5.41, 5.74) is 1.95. The number of oxime groups is 1. The monoisotopic (exact) mass is 467 g/mol. The Morgan fingerprint density at radius 3 is 2.64 bits per heavy atom. The summed E-state index contributed by atoms with van der Waals surface area (Å²) in [7, 11) is 1.31. The Morgan fingerprint density at radius 1 is 1.20 bits per heavy atom. The third-order valence-electron chi connectivity index (χ3n) is 3.19. The minimum absolute atomic E-state index is 0.165. The summed E-state index contributed by atoms with van der Waals surface area (Å²) < 4.78 is 6.64. The number of aliphatic carboxylic acids is 1. The third kappa shape index (κ3) is 5.72. The van der Waals surface area contributed by atoms with Gasteiger partial charge in [0.2, 0.25) is 0 Å². The Balaban J connectivity index is 2.23. The Labute approximate surface area is 162 Å². The first-order valence-electron chi connectivity index (χ1n) is 7.19. The van der Waals surface area contributed by atoms with Gasteiger partial charge in [0.1, 0.15) is 19.5 Å². The van der Waals surface area contributed by atoms with Crippen molar-refractivity contribution in [3.05, 3.63) is 68.6 Å². The Bertz CT molecular complexity index is 814. The Hall–Kier alpha value is -2.12. The molecule has 0 unspecified atom stereocenters. The van der Waals surface area contributed by atoms with E-state index in [9.17, 15) is 9.90 Å². The van der Waals surface area contributed by atoms with Gasteiger partial charge >= 0.3 is 5.97 Å². The Morgan fingerprint density at radius 2 is 1.96 bits per heavy atom. The number of nitrogens with zero attached hydrogens (tertiary/aromatic N) is 1. The van der Waals surface area contributed by atoms with Gasteiger partial charge in [0.15, 0.2) is 5.71 Å². The minimum atomic E-state index is -1.16. The van der Waals surface area contributed by atoms with Gasteiger partial charge in [-0.15, -0.1) is 0 Å². The standard InChI is InChI=1S/C18H15Br2NO4/c1-24-21-17(18(22)23)15-8-3-2-6-13(15)11-25-14-7-4-5-12(9-14)10-16(19)20/h2-10H,11H2,1H3,(H,22,23). The van der Waals surface area contributed by atoms with Crippen molar-refractivity contribution in [1.82, 2.24) is 0 Å². The van der Waals surface area contributed by atoms with Crippen LogP contribution in [0.2, 0.25) is 0 Å². The van der Waals surface area contributed by atoms with E-state index in [1.165, 1.54) is 7.11 Å². The summed E-state index contributed by atoms with van der Waals surface area (Å²) in [6, 6.07) is 14.6. The zero-order chi connectivity index (χ0) is 18.2. The smallest absolute Gasteiger partial charge is 0.358 e. The number of hydrogen-bond donors (Lipinski definition) is 1. The lowest BCUT2D eigenvalue weighted by Crippen LogP contribution is -2.17. The van der Waals surface area contributed by atoms with E-state index in [0.29, 0.717) is 16.9 Å². The molecule has 0 saturated carbocycles. The molecule has 5 nitrogen and oxygen atoms in total. The molecule has 2 rings (SSSR count). The molecule has 7 heteroatoms. The topological polar surface area (TPSA) is 68.1 Å². The molecular formula is C18H15Br2NO4. The van der Waals surface area contributed by atoms with E-state index in [1.807, 2.05) is 36.4 Å². The van der Waals surface area contributed by atoms with Gasteiger partial charge in [0.25, 0.3) is 0 Å². The van der Waals surface area contributed by atoms with Gasteiger partial charge in [-0.1, -0.05) is 41.6 Å². The first kappa shape index (κ1) is 19.2. The second-order valence-corrected chi connectivity index (χ2v) is 7.65. The lowest BCUT2D eigenvalue weighted by Gasteiger charge is -2.11. The first-order chi connectivity index (χ1) is 12.0. The van der Waals surface area contributed by atoms with E-state index in [2.05, 4.69) is 41.9 Å². The molecule has 2 aromatic rings. The SMILES string of the molecule is CON=C(C(=O)O)c1ccccc1COc1cccc(C=C(Br)Br)c1. The van der Waals surface area contributed by atoms with Crippen molar-refractivity contribution in [3.8, 4) is 5.75 Å². The van der Waals surface area contributed by atoms with E-state index in [4.69, 9.17) is 4.74 Å². The fourth-order valence-electron chi connectivity index (χ4n) is 2.15. The second-order valence-electron chi connectivity index (χ2n) is 4.88. The van der Waals surface area contributed by atoms with Crippen molar-refractivity contribution in [2.24, 2.45) is 5.16 Å². The summed E-state index contributed by atoms with van der Waals surface area (Å²) in [6.45, 7) is 0.203. The maximum atomic E-state index is 11.4. The van der Waals surface area contributed by atoms with E-state index in [-0.39, 0.29) is 12.3 Å². The van der Waals surface area contributed by atoms with E-state index in [0.717, 1.165) is 8.96 Å². The Kier molecular flexibility index (Phi) is 7.21. The largest absolute Gasteiger partial charge is 0.489 e. The van der Waals surface area contributed by atoms with E-state index in [1.54, 1.807) is 18.2 Å². The summed E-state index contributed by atoms with van der Waals surface area (Å²) in [4.78, 5) is 16.0. The third-order valence-corrected chi connectivity index (χ3v) is 3.64. The zero-order valence-corrected chi connectivity index (χ0v) is 16.5. The van der Waals surface area contributed by atoms with Crippen LogP contribution in [0.3, 0.4) is 0 Å². The zero-order valence-electron chi connectivity index (χ0n) is 13.3. The van der Waals surface area contributed by atoms with Gasteiger partial charge in [0, 0.05) is 5.56 Å². The van der Waals surface area contributed by atoms with Crippen LogP contribution in [0.25, 0.3) is 6.08 Å². The van der Waals surface area contributed by atoms with Gasteiger partial charge in [0.05, 0.1) is 3.39 Å². The van der Waals surface area contributed by atoms with Gasteiger partial charge in [-0.25, -0.2) is 4.79 Å². The van der Waals surface area contributed by atoms with Crippen molar-refractivity contribution in [2.75, 3.05) is 7.11 Å². The second kappa shape index (κ2) is 9.39. The maximum Gasteiger partial charge on any atom is 0.358 e. The summed E-state index contributed by atoms with van der Waals surface area (Å²) in [5.74, 6) is -0.492. The molecule has 0 saturated heterocycles. The number of benzene rings is 2. The molecule has 0 aliphatic rings. The molecule has 0 heterocycles. The van der Waals surface area contributed by atoms with Crippen LogP contribution < -0.4 is 4.74 Å². The molecular weight excluding hydrogens is 454 g/mol. The molecule has 0 aliphatic carbocycles. The number of carboxylic acid groups (broad SMARTS) is 1. The van der Waals surface area contributed by atoms with Crippen molar-refractivity contribution in [3.63, 3.8) is 0 Å². The summed E-state index contributed by atoms with van der Waals surface area (Å²) in [6.07, 6.45) is 1.90. The van der Waals surface area contributed by atoms with Crippen LogP contribution >= 0.6 is 31.9 Å². The minimum Gasteiger partial charge on any atom is -0.489 e. The summed E-state index contributed by atoms with van der Waals surface area (Å²) >= 11 is 6.64. The van der Waals surface area contributed by atoms with Crippen molar-refractivity contribution >= 4 is 49.6 Å². The van der Waals surface area contributed by atoms with Crippen molar-refractivity contribution < 1.29 is 19.5 Å². The number of carboxylic acids is 1. The quantitative estimate of drug-likeness (QED) is 0.468. The number of rotatable bonds is 7. The predicted molar refractivity (Wildman–Crippen MR) is 104 cm³/mol. The number of hydrogen-bond acceptors (Lipinski definition) is 4. The fourth-order valence-corrected chi connectivity index (χ4v) is 2.68. The van der Waals surface area contributed by atoms with Crippen LogP contribution in [-0.4, -0.2) is 23.9 Å². The molecule has 0 amide bonds. The fraction of sp³-hybridized carbons (Fsp3) is 0.111. The van der Waals surface area contributed by atoms with Crippen molar-refractivity contribution in [1.29, 1.82) is 0 Å². The van der Waals surface area contributed by atoms with Crippen LogP contribution in [0.1, 0.15) is 16.7 Å². The molecule has 2 aromatic carbocycles. The highest BCUT2D eigenvalue weighted by molar-refractivity contribution is 9.28. The van der Waals surface area contributed by atoms with Gasteiger partial charge in [-0.2, -0.15) is 0 Å². The summed E-state index contributed by atoms with van der Waals surface area (Å²) in [5, 5.41) is 12.9. The maximum absolute atomic E-state index is 11.4. The molecule has 25 heavy (non-hydrogen) atoms. The predicted octanol–water partition coefficient (Wildman–Crippen LogP) is 4.79. The van der Waals surface area contributed by atoms with E-state index < -0.39 is 5.97 Å². The van der Waals surface area contributed by atoms with Crippen LogP contribution in [-0.2, 0) is 16.2 Å². The average Bonchev–Trinajstić information content (AvgIpc) is 2.58. The lowest BCUT2D eigenvalue weighted by molar-refractivity contribution is -0.129. The molecule has 0 radical (unpaired) electrons. The van der Waals surface area contributed by atoms with Crippen LogP contribution in [0.5, 0.6) is 5.75 Å². The number of carbonyl (C=O) groups is 1. The highest BCUT2D eigenvalue weighted by atomic mass is 79.9. The molecule has 0 aliphatic heterocycles.